The average Bonchev–Trinajstić information content (AvgIpc) is 3.10. The summed E-state index contributed by atoms with van der Waals surface area (Å²) in [7, 11) is 0. The van der Waals surface area contributed by atoms with Crippen LogP contribution in [0.3, 0.4) is 0 Å². The van der Waals surface area contributed by atoms with E-state index in [2.05, 4.69) is 10.1 Å². The maximum absolute atomic E-state index is 12.4. The van der Waals surface area contributed by atoms with Gasteiger partial charge in [0.1, 0.15) is 5.75 Å². The van der Waals surface area contributed by atoms with Crippen molar-refractivity contribution in [3.63, 3.8) is 0 Å². The molecule has 1 heterocycles. The monoisotopic (exact) mass is 297 g/mol. The maximum Gasteiger partial charge on any atom is 0.573 e. The molecule has 2 saturated carbocycles. The highest BCUT2D eigenvalue weighted by molar-refractivity contribution is 5.60. The summed E-state index contributed by atoms with van der Waals surface area (Å²) in [6.07, 6.45) is 0.559. The molecule has 4 rings (SSSR count). The molecule has 3 aliphatic rings. The number of rotatable bonds is 2. The van der Waals surface area contributed by atoms with Crippen molar-refractivity contribution in [2.24, 2.45) is 17.8 Å². The molecule has 2 bridgehead atoms. The Morgan fingerprint density at radius 1 is 1.14 bits per heavy atom. The molecule has 4 unspecified atom stereocenters. The maximum atomic E-state index is 12.4. The zero-order valence-corrected chi connectivity index (χ0v) is 11.6. The molecule has 114 valence electrons. The minimum atomic E-state index is -4.62. The summed E-state index contributed by atoms with van der Waals surface area (Å²) >= 11 is 0. The van der Waals surface area contributed by atoms with Gasteiger partial charge in [-0.1, -0.05) is 6.42 Å². The van der Waals surface area contributed by atoms with Crippen molar-refractivity contribution in [2.75, 3.05) is 11.9 Å². The number of halogens is 3. The topological polar surface area (TPSA) is 21.3 Å². The number of anilines is 1. The molecular formula is C16H18F3NO. The van der Waals surface area contributed by atoms with Crippen LogP contribution in [0, 0.1) is 17.8 Å². The molecule has 21 heavy (non-hydrogen) atoms. The fraction of sp³-hybridized carbons (Fsp3) is 0.625. The summed E-state index contributed by atoms with van der Waals surface area (Å²) in [5.41, 5.74) is 1.98. The van der Waals surface area contributed by atoms with Crippen molar-refractivity contribution < 1.29 is 17.9 Å². The van der Waals surface area contributed by atoms with Crippen LogP contribution in [0.5, 0.6) is 5.75 Å². The molecule has 2 nitrogen and oxygen atoms in total. The van der Waals surface area contributed by atoms with Crippen molar-refractivity contribution in [1.29, 1.82) is 0 Å². The van der Waals surface area contributed by atoms with Crippen LogP contribution >= 0.6 is 0 Å². The van der Waals surface area contributed by atoms with Gasteiger partial charge in [-0.25, -0.2) is 0 Å². The van der Waals surface area contributed by atoms with E-state index < -0.39 is 6.36 Å². The van der Waals surface area contributed by atoms with Crippen LogP contribution in [0.2, 0.25) is 0 Å². The van der Waals surface area contributed by atoms with E-state index in [0.717, 1.165) is 29.6 Å². The predicted octanol–water partition coefficient (Wildman–Crippen LogP) is 4.53. The zero-order valence-electron chi connectivity index (χ0n) is 11.6. The van der Waals surface area contributed by atoms with E-state index in [1.54, 1.807) is 12.1 Å². The average molecular weight is 297 g/mol. The number of nitrogens with one attached hydrogen (secondary N) is 1. The van der Waals surface area contributed by atoms with Crippen LogP contribution in [-0.4, -0.2) is 12.9 Å². The van der Waals surface area contributed by atoms with Gasteiger partial charge in [0.25, 0.3) is 0 Å². The van der Waals surface area contributed by atoms with E-state index in [0.29, 0.717) is 11.8 Å². The van der Waals surface area contributed by atoms with Crippen LogP contribution < -0.4 is 10.1 Å². The third-order valence-electron chi connectivity index (χ3n) is 5.48. The second-order valence-corrected chi connectivity index (χ2v) is 6.62. The van der Waals surface area contributed by atoms with Gasteiger partial charge in [0.15, 0.2) is 0 Å². The van der Waals surface area contributed by atoms with Crippen molar-refractivity contribution in [3.05, 3.63) is 23.8 Å². The Balaban J connectivity index is 1.60. The number of alkyl halides is 3. The number of ether oxygens (including phenoxy) is 1. The van der Waals surface area contributed by atoms with E-state index >= 15 is 0 Å². The third kappa shape index (κ3) is 2.36. The fourth-order valence-electron chi connectivity index (χ4n) is 4.70. The molecule has 0 radical (unpaired) electrons. The highest BCUT2D eigenvalue weighted by atomic mass is 19.4. The highest BCUT2D eigenvalue weighted by Gasteiger charge is 2.45. The Bertz CT molecular complexity index is 557. The number of hydrogen-bond donors (Lipinski definition) is 1. The fourth-order valence-corrected chi connectivity index (χ4v) is 4.70. The summed E-state index contributed by atoms with van der Waals surface area (Å²) in [6, 6.07) is 4.69. The molecule has 1 aromatic carbocycles. The second-order valence-electron chi connectivity index (χ2n) is 6.62. The first-order chi connectivity index (χ1) is 9.99. The van der Waals surface area contributed by atoms with Gasteiger partial charge in [-0.05, 0) is 60.8 Å². The van der Waals surface area contributed by atoms with Crippen molar-refractivity contribution >= 4 is 5.69 Å². The summed E-state index contributed by atoms with van der Waals surface area (Å²) in [5, 5.41) is 3.34. The Morgan fingerprint density at radius 3 is 2.67 bits per heavy atom. The van der Waals surface area contributed by atoms with Crippen LogP contribution in [0.1, 0.15) is 37.2 Å². The minimum Gasteiger partial charge on any atom is -0.406 e. The molecule has 0 spiro atoms. The lowest BCUT2D eigenvalue weighted by atomic mass is 9.77. The first kappa shape index (κ1) is 13.3. The quantitative estimate of drug-likeness (QED) is 0.866. The molecule has 0 amide bonds. The lowest BCUT2D eigenvalue weighted by Crippen LogP contribution is -2.21. The van der Waals surface area contributed by atoms with Gasteiger partial charge in [0, 0.05) is 18.2 Å². The summed E-state index contributed by atoms with van der Waals surface area (Å²) in [4.78, 5) is 0. The molecule has 1 aromatic rings. The Hall–Kier alpha value is -1.39. The molecule has 1 N–H and O–H groups in total. The zero-order chi connectivity index (χ0) is 14.6. The molecule has 0 saturated heterocycles. The molecule has 2 aliphatic carbocycles. The number of benzene rings is 1. The van der Waals surface area contributed by atoms with Crippen molar-refractivity contribution in [2.45, 2.75) is 38.0 Å². The smallest absolute Gasteiger partial charge is 0.406 e. The molecular weight excluding hydrogens is 279 g/mol. The number of fused-ring (bicyclic) bond motifs is 3. The molecule has 2 fully saturated rings. The molecule has 5 heteroatoms. The Kier molecular flexibility index (Phi) is 2.88. The first-order valence-corrected chi connectivity index (χ1v) is 7.63. The Labute approximate surface area is 121 Å². The van der Waals surface area contributed by atoms with Crippen molar-refractivity contribution in [3.8, 4) is 5.75 Å². The van der Waals surface area contributed by atoms with E-state index in [1.807, 2.05) is 0 Å². The molecule has 0 aromatic heterocycles. The van der Waals surface area contributed by atoms with Gasteiger partial charge < -0.3 is 10.1 Å². The standard InChI is InChI=1S/C16H18F3NO/c17-16(18,19)21-11-3-4-15-13(7-11)14(8-20-15)12-6-9-1-2-10(12)5-9/h3-4,7,9-10,12,14,20H,1-2,5-6,8H2. The SMILES string of the molecule is FC(F)(F)Oc1ccc2c(c1)C(C1CC3CCC1C3)CN2. The lowest BCUT2D eigenvalue weighted by molar-refractivity contribution is -0.274. The van der Waals surface area contributed by atoms with E-state index in [1.165, 1.54) is 31.7 Å². The largest absolute Gasteiger partial charge is 0.573 e. The molecule has 1 aliphatic heterocycles. The van der Waals surface area contributed by atoms with Gasteiger partial charge in [-0.3, -0.25) is 0 Å². The van der Waals surface area contributed by atoms with Gasteiger partial charge in [0.2, 0.25) is 0 Å². The minimum absolute atomic E-state index is 0.0990. The summed E-state index contributed by atoms with van der Waals surface area (Å²) in [5.74, 6) is 2.47. The predicted molar refractivity (Wildman–Crippen MR) is 73.3 cm³/mol. The van der Waals surface area contributed by atoms with Crippen LogP contribution in [0.4, 0.5) is 18.9 Å². The summed E-state index contributed by atoms with van der Waals surface area (Å²) in [6.45, 7) is 0.846. The van der Waals surface area contributed by atoms with E-state index in [9.17, 15) is 13.2 Å². The number of hydrogen-bond acceptors (Lipinski definition) is 2. The van der Waals surface area contributed by atoms with Crippen LogP contribution in [0.25, 0.3) is 0 Å². The van der Waals surface area contributed by atoms with Crippen molar-refractivity contribution in [1.82, 2.24) is 0 Å². The van der Waals surface area contributed by atoms with E-state index in [-0.39, 0.29) is 5.75 Å². The normalized spacial score (nSPS) is 33.9. The van der Waals surface area contributed by atoms with Gasteiger partial charge in [-0.2, -0.15) is 0 Å². The second kappa shape index (κ2) is 4.55. The van der Waals surface area contributed by atoms with Crippen LogP contribution in [0.15, 0.2) is 18.2 Å². The summed E-state index contributed by atoms with van der Waals surface area (Å²) < 4.78 is 41.2. The van der Waals surface area contributed by atoms with E-state index in [4.69, 9.17) is 0 Å². The van der Waals surface area contributed by atoms with Crippen LogP contribution in [-0.2, 0) is 0 Å². The third-order valence-corrected chi connectivity index (χ3v) is 5.48. The lowest BCUT2D eigenvalue weighted by Gasteiger charge is -2.27. The first-order valence-electron chi connectivity index (χ1n) is 7.63. The van der Waals surface area contributed by atoms with Gasteiger partial charge in [-0.15, -0.1) is 13.2 Å². The van der Waals surface area contributed by atoms with Gasteiger partial charge in [0.05, 0.1) is 0 Å². The molecule has 4 atom stereocenters. The Morgan fingerprint density at radius 2 is 2.00 bits per heavy atom. The van der Waals surface area contributed by atoms with Gasteiger partial charge >= 0.3 is 6.36 Å². The highest BCUT2D eigenvalue weighted by Crippen LogP contribution is 2.55.